The molecule has 3 aromatic rings. The summed E-state index contributed by atoms with van der Waals surface area (Å²) in [6.45, 7) is 0. The normalized spacial score (nSPS) is 12.7. The van der Waals surface area contributed by atoms with Gasteiger partial charge in [0.05, 0.1) is 12.2 Å². The predicted molar refractivity (Wildman–Crippen MR) is 76.9 cm³/mol. The number of aromatic nitrogens is 1. The molecule has 0 bridgehead atoms. The average molecular weight is 272 g/mol. The largest absolute Gasteiger partial charge is 0.309 e. The smallest absolute Gasteiger partial charge is 0.141 e. The fourth-order valence-corrected chi connectivity index (χ4v) is 3.30. The molecule has 96 valence electrons. The van der Waals surface area contributed by atoms with Gasteiger partial charge in [0.25, 0.3) is 0 Å². The van der Waals surface area contributed by atoms with E-state index in [9.17, 15) is 4.39 Å². The van der Waals surface area contributed by atoms with E-state index in [2.05, 4.69) is 27.8 Å². The van der Waals surface area contributed by atoms with Gasteiger partial charge in [0.1, 0.15) is 5.82 Å². The first-order valence-corrected chi connectivity index (χ1v) is 6.91. The van der Waals surface area contributed by atoms with Gasteiger partial charge in [-0.2, -0.15) is 0 Å². The van der Waals surface area contributed by atoms with Gasteiger partial charge in [-0.05, 0) is 41.1 Å². The maximum absolute atomic E-state index is 13.3. The van der Waals surface area contributed by atoms with Crippen molar-refractivity contribution in [3.63, 3.8) is 0 Å². The second-order valence-corrected chi connectivity index (χ2v) is 5.26. The van der Waals surface area contributed by atoms with Crippen LogP contribution in [0.15, 0.2) is 48.1 Å². The zero-order valence-corrected chi connectivity index (χ0v) is 11.2. The van der Waals surface area contributed by atoms with E-state index in [1.54, 1.807) is 17.5 Å². The molecule has 0 aliphatic rings. The molecule has 19 heavy (non-hydrogen) atoms. The van der Waals surface area contributed by atoms with E-state index in [1.165, 1.54) is 22.3 Å². The van der Waals surface area contributed by atoms with Crippen LogP contribution < -0.4 is 5.32 Å². The fraction of sp³-hybridized carbons (Fsp3) is 0.133. The highest BCUT2D eigenvalue weighted by Gasteiger charge is 2.16. The molecule has 0 saturated carbocycles. The monoisotopic (exact) mass is 272 g/mol. The zero-order chi connectivity index (χ0) is 13.2. The molecule has 2 heterocycles. The van der Waals surface area contributed by atoms with Crippen molar-refractivity contribution in [1.82, 2.24) is 10.3 Å². The highest BCUT2D eigenvalue weighted by molar-refractivity contribution is 7.17. The number of thiophene rings is 1. The SMILES string of the molecule is CNC(c1cncc(F)c1)c1csc2ccccc12. The quantitative estimate of drug-likeness (QED) is 0.785. The predicted octanol–water partition coefficient (Wildman–Crippen LogP) is 3.74. The van der Waals surface area contributed by atoms with Crippen LogP contribution in [0.25, 0.3) is 10.1 Å². The third-order valence-corrected chi connectivity index (χ3v) is 4.15. The van der Waals surface area contributed by atoms with Crippen LogP contribution >= 0.6 is 11.3 Å². The summed E-state index contributed by atoms with van der Waals surface area (Å²) in [5.74, 6) is -0.308. The van der Waals surface area contributed by atoms with Gasteiger partial charge in [-0.1, -0.05) is 18.2 Å². The molecule has 1 N–H and O–H groups in total. The number of halogens is 1. The number of rotatable bonds is 3. The summed E-state index contributed by atoms with van der Waals surface area (Å²) in [6, 6.07) is 9.73. The Morgan fingerprint density at radius 3 is 2.89 bits per heavy atom. The summed E-state index contributed by atoms with van der Waals surface area (Å²) in [5, 5.41) is 6.57. The summed E-state index contributed by atoms with van der Waals surface area (Å²) >= 11 is 1.70. The minimum absolute atomic E-state index is 0.0423. The molecular formula is C15H13FN2S. The second kappa shape index (κ2) is 5.07. The summed E-state index contributed by atoms with van der Waals surface area (Å²) in [6.07, 6.45) is 2.93. The summed E-state index contributed by atoms with van der Waals surface area (Å²) in [5.41, 5.74) is 2.00. The number of benzene rings is 1. The average Bonchev–Trinajstić information content (AvgIpc) is 2.84. The minimum atomic E-state index is -0.308. The zero-order valence-electron chi connectivity index (χ0n) is 10.4. The molecule has 1 unspecified atom stereocenters. The lowest BCUT2D eigenvalue weighted by atomic mass is 10.00. The molecule has 0 radical (unpaired) electrons. The Bertz CT molecular complexity index is 708. The molecule has 1 atom stereocenters. The molecule has 0 amide bonds. The van der Waals surface area contributed by atoms with E-state index >= 15 is 0 Å². The molecule has 0 aliphatic carbocycles. The third kappa shape index (κ3) is 2.25. The molecular weight excluding hydrogens is 259 g/mol. The van der Waals surface area contributed by atoms with Crippen LogP contribution in [0.2, 0.25) is 0 Å². The molecule has 0 saturated heterocycles. The van der Waals surface area contributed by atoms with Crippen molar-refractivity contribution in [2.75, 3.05) is 7.05 Å². The van der Waals surface area contributed by atoms with Gasteiger partial charge in [-0.25, -0.2) is 4.39 Å². The van der Waals surface area contributed by atoms with Crippen molar-refractivity contribution in [1.29, 1.82) is 0 Å². The van der Waals surface area contributed by atoms with E-state index in [0.717, 1.165) is 11.1 Å². The standard InChI is InChI=1S/C15H13FN2S/c1-17-15(10-6-11(16)8-18-7-10)13-9-19-14-5-3-2-4-12(13)14/h2-9,15,17H,1H3. The van der Waals surface area contributed by atoms with Crippen molar-refractivity contribution in [3.05, 3.63) is 65.0 Å². The van der Waals surface area contributed by atoms with Crippen LogP contribution in [-0.2, 0) is 0 Å². The highest BCUT2D eigenvalue weighted by Crippen LogP contribution is 2.33. The van der Waals surface area contributed by atoms with Crippen LogP contribution in [0, 0.1) is 5.82 Å². The lowest BCUT2D eigenvalue weighted by Gasteiger charge is -2.16. The summed E-state index contributed by atoms with van der Waals surface area (Å²) < 4.78 is 14.6. The molecule has 4 heteroatoms. The van der Waals surface area contributed by atoms with E-state index in [1.807, 2.05) is 19.2 Å². The maximum atomic E-state index is 13.3. The number of nitrogens with zero attached hydrogens (tertiary/aromatic N) is 1. The van der Waals surface area contributed by atoms with Crippen molar-refractivity contribution >= 4 is 21.4 Å². The molecule has 0 fully saturated rings. The summed E-state index contributed by atoms with van der Waals surface area (Å²) in [7, 11) is 1.88. The number of pyridine rings is 1. The Labute approximate surface area is 114 Å². The first kappa shape index (κ1) is 12.3. The Kier molecular flexibility index (Phi) is 3.27. The molecule has 3 rings (SSSR count). The maximum Gasteiger partial charge on any atom is 0.141 e. The van der Waals surface area contributed by atoms with E-state index < -0.39 is 0 Å². The Morgan fingerprint density at radius 1 is 1.26 bits per heavy atom. The molecule has 2 aromatic heterocycles. The topological polar surface area (TPSA) is 24.9 Å². The van der Waals surface area contributed by atoms with Gasteiger partial charge >= 0.3 is 0 Å². The van der Waals surface area contributed by atoms with Crippen molar-refractivity contribution < 1.29 is 4.39 Å². The van der Waals surface area contributed by atoms with Gasteiger partial charge in [0.2, 0.25) is 0 Å². The fourth-order valence-electron chi connectivity index (χ4n) is 2.31. The van der Waals surface area contributed by atoms with Gasteiger partial charge in [0, 0.05) is 10.9 Å². The van der Waals surface area contributed by atoms with E-state index in [4.69, 9.17) is 0 Å². The van der Waals surface area contributed by atoms with E-state index in [-0.39, 0.29) is 11.9 Å². The van der Waals surface area contributed by atoms with Gasteiger partial charge in [-0.3, -0.25) is 4.98 Å². The number of nitrogens with one attached hydrogen (secondary N) is 1. The van der Waals surface area contributed by atoms with Gasteiger partial charge < -0.3 is 5.32 Å². The van der Waals surface area contributed by atoms with Crippen molar-refractivity contribution in [2.45, 2.75) is 6.04 Å². The van der Waals surface area contributed by atoms with Crippen LogP contribution in [0.3, 0.4) is 0 Å². The van der Waals surface area contributed by atoms with Crippen molar-refractivity contribution in [2.24, 2.45) is 0 Å². The Morgan fingerprint density at radius 2 is 2.11 bits per heavy atom. The number of hydrogen-bond donors (Lipinski definition) is 1. The lowest BCUT2D eigenvalue weighted by Crippen LogP contribution is -2.17. The highest BCUT2D eigenvalue weighted by atomic mass is 32.1. The van der Waals surface area contributed by atoms with Crippen molar-refractivity contribution in [3.8, 4) is 0 Å². The molecule has 0 spiro atoms. The molecule has 2 nitrogen and oxygen atoms in total. The van der Waals surface area contributed by atoms with Gasteiger partial charge in [-0.15, -0.1) is 11.3 Å². The lowest BCUT2D eigenvalue weighted by molar-refractivity contribution is 0.609. The molecule has 1 aromatic carbocycles. The third-order valence-electron chi connectivity index (χ3n) is 3.17. The van der Waals surface area contributed by atoms with Crippen LogP contribution in [0.5, 0.6) is 0 Å². The first-order chi connectivity index (χ1) is 9.29. The van der Waals surface area contributed by atoms with Crippen LogP contribution in [0.1, 0.15) is 17.2 Å². The van der Waals surface area contributed by atoms with Crippen LogP contribution in [-0.4, -0.2) is 12.0 Å². The van der Waals surface area contributed by atoms with E-state index in [0.29, 0.717) is 0 Å². The number of hydrogen-bond acceptors (Lipinski definition) is 3. The Hall–Kier alpha value is -1.78. The number of fused-ring (bicyclic) bond motifs is 1. The minimum Gasteiger partial charge on any atom is -0.309 e. The Balaban J connectivity index is 2.12. The van der Waals surface area contributed by atoms with Crippen LogP contribution in [0.4, 0.5) is 4.39 Å². The molecule has 0 aliphatic heterocycles. The second-order valence-electron chi connectivity index (χ2n) is 4.35. The summed E-state index contributed by atoms with van der Waals surface area (Å²) in [4.78, 5) is 3.93. The first-order valence-electron chi connectivity index (χ1n) is 6.03. The van der Waals surface area contributed by atoms with Gasteiger partial charge in [0.15, 0.2) is 0 Å².